The second-order valence-electron chi connectivity index (χ2n) is 4.81. The first-order valence-electron chi connectivity index (χ1n) is 6.85. The fraction of sp³-hybridized carbons (Fsp3) is 0.571. The van der Waals surface area contributed by atoms with Gasteiger partial charge in [-0.3, -0.25) is 4.90 Å². The molecule has 1 aromatic carbocycles. The van der Waals surface area contributed by atoms with Crippen LogP contribution in [-0.4, -0.2) is 49.6 Å². The summed E-state index contributed by atoms with van der Waals surface area (Å²) < 4.78 is 25.7. The third-order valence-electron chi connectivity index (χ3n) is 3.80. The van der Waals surface area contributed by atoms with Crippen molar-refractivity contribution in [3.63, 3.8) is 0 Å². The van der Waals surface area contributed by atoms with Gasteiger partial charge in [-0.2, -0.15) is 4.31 Å². The van der Waals surface area contributed by atoms with Crippen LogP contribution in [0.5, 0.6) is 0 Å². The molecule has 106 valence electrons. The van der Waals surface area contributed by atoms with Gasteiger partial charge in [-0.1, -0.05) is 37.3 Å². The highest BCUT2D eigenvalue weighted by molar-refractivity contribution is 7.89. The van der Waals surface area contributed by atoms with E-state index in [0.717, 1.165) is 13.1 Å². The van der Waals surface area contributed by atoms with E-state index < -0.39 is 10.0 Å². The van der Waals surface area contributed by atoms with Crippen LogP contribution < -0.4 is 0 Å². The number of hydrogen-bond acceptors (Lipinski definition) is 3. The molecule has 19 heavy (non-hydrogen) atoms. The highest BCUT2D eigenvalue weighted by Gasteiger charge is 2.32. The Morgan fingerprint density at radius 3 is 2.42 bits per heavy atom. The van der Waals surface area contributed by atoms with Crippen molar-refractivity contribution >= 4 is 10.0 Å². The van der Waals surface area contributed by atoms with Crippen LogP contribution in [0, 0.1) is 0 Å². The largest absolute Gasteiger partial charge is 0.294 e. The van der Waals surface area contributed by atoms with Crippen LogP contribution in [0.4, 0.5) is 0 Å². The summed E-state index contributed by atoms with van der Waals surface area (Å²) in [5.74, 6) is 0.181. The molecule has 1 aromatic rings. The molecule has 1 atom stereocenters. The molecule has 4 nitrogen and oxygen atoms in total. The molecule has 0 aromatic heterocycles. The molecule has 0 spiro atoms. The number of rotatable bonds is 4. The zero-order valence-corrected chi connectivity index (χ0v) is 12.4. The highest BCUT2D eigenvalue weighted by Crippen LogP contribution is 2.26. The third kappa shape index (κ3) is 3.16. The van der Waals surface area contributed by atoms with E-state index in [1.807, 2.05) is 18.2 Å². The highest BCUT2D eigenvalue weighted by atomic mass is 32.2. The van der Waals surface area contributed by atoms with Gasteiger partial charge < -0.3 is 0 Å². The summed E-state index contributed by atoms with van der Waals surface area (Å²) in [6.45, 7) is 6.75. The fourth-order valence-electron chi connectivity index (χ4n) is 2.60. The Hall–Kier alpha value is -0.910. The van der Waals surface area contributed by atoms with Crippen molar-refractivity contribution in [2.75, 3.05) is 31.9 Å². The smallest absolute Gasteiger partial charge is 0.213 e. The van der Waals surface area contributed by atoms with E-state index in [4.69, 9.17) is 0 Å². The molecular formula is C14H22N2O2S. The molecular weight excluding hydrogens is 260 g/mol. The lowest BCUT2D eigenvalue weighted by Crippen LogP contribution is -2.50. The van der Waals surface area contributed by atoms with Gasteiger partial charge in [0.15, 0.2) is 0 Å². The van der Waals surface area contributed by atoms with Crippen molar-refractivity contribution in [3.05, 3.63) is 35.9 Å². The summed E-state index contributed by atoms with van der Waals surface area (Å²) in [6, 6.07) is 10.3. The van der Waals surface area contributed by atoms with Crippen molar-refractivity contribution in [2.45, 2.75) is 19.9 Å². The molecule has 1 saturated heterocycles. The van der Waals surface area contributed by atoms with Crippen molar-refractivity contribution in [1.82, 2.24) is 9.21 Å². The normalized spacial score (nSPS) is 22.5. The maximum absolute atomic E-state index is 12.0. The molecule has 0 saturated carbocycles. The minimum absolute atomic E-state index is 0.168. The number of nitrogens with zero attached hydrogens (tertiary/aromatic N) is 2. The van der Waals surface area contributed by atoms with Gasteiger partial charge in [-0.25, -0.2) is 8.42 Å². The first-order chi connectivity index (χ1) is 9.08. The Kier molecular flexibility index (Phi) is 4.60. The van der Waals surface area contributed by atoms with Crippen molar-refractivity contribution < 1.29 is 8.42 Å². The lowest BCUT2D eigenvalue weighted by atomic mass is 10.0. The summed E-state index contributed by atoms with van der Waals surface area (Å²) in [4.78, 5) is 2.34. The first kappa shape index (κ1) is 14.5. The molecule has 2 rings (SSSR count). The maximum atomic E-state index is 12.0. The summed E-state index contributed by atoms with van der Waals surface area (Å²) in [5.41, 5.74) is 1.19. The molecule has 1 aliphatic heterocycles. The van der Waals surface area contributed by atoms with Gasteiger partial charge in [0.25, 0.3) is 0 Å². The average molecular weight is 282 g/mol. The van der Waals surface area contributed by atoms with Gasteiger partial charge in [0.2, 0.25) is 10.0 Å². The number of piperazine rings is 1. The van der Waals surface area contributed by atoms with Crippen LogP contribution in [0.2, 0.25) is 0 Å². The topological polar surface area (TPSA) is 40.6 Å². The number of benzene rings is 1. The van der Waals surface area contributed by atoms with Crippen LogP contribution in [-0.2, 0) is 10.0 Å². The summed E-state index contributed by atoms with van der Waals surface area (Å²) >= 11 is 0. The average Bonchev–Trinajstić information content (AvgIpc) is 2.47. The lowest BCUT2D eigenvalue weighted by molar-refractivity contribution is 0.124. The fourth-order valence-corrected chi connectivity index (χ4v) is 3.69. The zero-order chi connectivity index (χ0) is 13.9. The van der Waals surface area contributed by atoms with Crippen LogP contribution in [0.1, 0.15) is 25.5 Å². The molecule has 1 aliphatic rings. The Balaban J connectivity index is 2.23. The van der Waals surface area contributed by atoms with Crippen molar-refractivity contribution in [3.8, 4) is 0 Å². The molecule has 0 radical (unpaired) electrons. The van der Waals surface area contributed by atoms with Crippen molar-refractivity contribution in [2.24, 2.45) is 0 Å². The molecule has 0 aliphatic carbocycles. The van der Waals surface area contributed by atoms with E-state index in [-0.39, 0.29) is 11.8 Å². The van der Waals surface area contributed by atoms with E-state index in [0.29, 0.717) is 13.1 Å². The second-order valence-corrected chi connectivity index (χ2v) is 7.07. The van der Waals surface area contributed by atoms with Crippen LogP contribution >= 0.6 is 0 Å². The van der Waals surface area contributed by atoms with Gasteiger partial charge >= 0.3 is 0 Å². The summed E-state index contributed by atoms with van der Waals surface area (Å²) in [6.07, 6.45) is 0. The van der Waals surface area contributed by atoms with E-state index in [2.05, 4.69) is 24.0 Å². The second kappa shape index (κ2) is 6.03. The standard InChI is InChI=1S/C14H22N2O2S/c1-3-15-10-11-16(19(17,18)4-2)12-14(15)13-8-6-5-7-9-13/h5-9,14H,3-4,10-12H2,1-2H3. The molecule has 1 unspecified atom stereocenters. The predicted molar refractivity (Wildman–Crippen MR) is 77.5 cm³/mol. The van der Waals surface area contributed by atoms with E-state index in [9.17, 15) is 8.42 Å². The molecule has 1 fully saturated rings. The Labute approximate surface area is 116 Å². The molecule has 1 heterocycles. The summed E-state index contributed by atoms with van der Waals surface area (Å²) in [5, 5.41) is 0. The van der Waals surface area contributed by atoms with Gasteiger partial charge in [0.05, 0.1) is 5.75 Å². The first-order valence-corrected chi connectivity index (χ1v) is 8.46. The van der Waals surface area contributed by atoms with Gasteiger partial charge in [-0.05, 0) is 19.0 Å². The SMILES string of the molecule is CCN1CCN(S(=O)(=O)CC)CC1c1ccccc1. The quantitative estimate of drug-likeness (QED) is 0.844. The van der Waals surface area contributed by atoms with Crippen LogP contribution in [0.25, 0.3) is 0 Å². The van der Waals surface area contributed by atoms with Gasteiger partial charge in [-0.15, -0.1) is 0 Å². The molecule has 0 amide bonds. The minimum atomic E-state index is -3.09. The maximum Gasteiger partial charge on any atom is 0.213 e. The number of sulfonamides is 1. The third-order valence-corrected chi connectivity index (χ3v) is 5.65. The summed E-state index contributed by atoms with van der Waals surface area (Å²) in [7, 11) is -3.09. The van der Waals surface area contributed by atoms with E-state index in [1.165, 1.54) is 5.56 Å². The number of likely N-dealkylation sites (N-methyl/N-ethyl adjacent to an activating group) is 1. The van der Waals surface area contributed by atoms with Crippen LogP contribution in [0.3, 0.4) is 0 Å². The van der Waals surface area contributed by atoms with Gasteiger partial charge in [0, 0.05) is 25.7 Å². The Morgan fingerprint density at radius 2 is 1.84 bits per heavy atom. The molecule has 5 heteroatoms. The van der Waals surface area contributed by atoms with Crippen LogP contribution in [0.15, 0.2) is 30.3 Å². The predicted octanol–water partition coefficient (Wildman–Crippen LogP) is 1.71. The number of hydrogen-bond donors (Lipinski definition) is 0. The monoisotopic (exact) mass is 282 g/mol. The minimum Gasteiger partial charge on any atom is -0.294 e. The molecule has 0 bridgehead atoms. The van der Waals surface area contributed by atoms with E-state index >= 15 is 0 Å². The Morgan fingerprint density at radius 1 is 1.16 bits per heavy atom. The zero-order valence-electron chi connectivity index (χ0n) is 11.6. The van der Waals surface area contributed by atoms with E-state index in [1.54, 1.807) is 11.2 Å². The Bertz CT molecular complexity index is 501. The lowest BCUT2D eigenvalue weighted by Gasteiger charge is -2.40. The van der Waals surface area contributed by atoms with Gasteiger partial charge in [0.1, 0.15) is 0 Å². The van der Waals surface area contributed by atoms with Crippen molar-refractivity contribution in [1.29, 1.82) is 0 Å². The molecule has 0 N–H and O–H groups in total.